The van der Waals surface area contributed by atoms with Crippen molar-refractivity contribution in [3.05, 3.63) is 35.4 Å². The lowest BCUT2D eigenvalue weighted by molar-refractivity contribution is -0.137. The number of alkyl halides is 3. The van der Waals surface area contributed by atoms with Crippen LogP contribution in [0.2, 0.25) is 0 Å². The SMILES string of the molecule is CCC1CCCN1CC(NC)c1cccc(C(F)(F)F)c1. The van der Waals surface area contributed by atoms with E-state index in [-0.39, 0.29) is 6.04 Å². The van der Waals surface area contributed by atoms with Crippen molar-refractivity contribution < 1.29 is 13.2 Å². The molecular weight excluding hydrogens is 277 g/mol. The van der Waals surface area contributed by atoms with Crippen LogP contribution in [0.4, 0.5) is 13.2 Å². The molecule has 21 heavy (non-hydrogen) atoms. The highest BCUT2D eigenvalue weighted by atomic mass is 19.4. The average molecular weight is 300 g/mol. The van der Waals surface area contributed by atoms with E-state index < -0.39 is 11.7 Å². The van der Waals surface area contributed by atoms with Crippen molar-refractivity contribution in [2.24, 2.45) is 0 Å². The monoisotopic (exact) mass is 300 g/mol. The van der Waals surface area contributed by atoms with Gasteiger partial charge in [0.05, 0.1) is 5.56 Å². The zero-order chi connectivity index (χ0) is 15.5. The lowest BCUT2D eigenvalue weighted by Crippen LogP contribution is -2.36. The van der Waals surface area contributed by atoms with Gasteiger partial charge in [0.15, 0.2) is 0 Å². The summed E-state index contributed by atoms with van der Waals surface area (Å²) in [6.45, 7) is 3.97. The van der Waals surface area contributed by atoms with Crippen LogP contribution in [0.15, 0.2) is 24.3 Å². The first-order valence-corrected chi connectivity index (χ1v) is 7.54. The molecule has 0 amide bonds. The van der Waals surface area contributed by atoms with Gasteiger partial charge in [0, 0.05) is 18.6 Å². The molecule has 1 fully saturated rings. The lowest BCUT2D eigenvalue weighted by Gasteiger charge is -2.28. The summed E-state index contributed by atoms with van der Waals surface area (Å²) in [6.07, 6.45) is -0.819. The van der Waals surface area contributed by atoms with Crippen molar-refractivity contribution in [3.63, 3.8) is 0 Å². The number of nitrogens with one attached hydrogen (secondary N) is 1. The largest absolute Gasteiger partial charge is 0.416 e. The lowest BCUT2D eigenvalue weighted by atomic mass is 10.0. The van der Waals surface area contributed by atoms with Crippen LogP contribution in [0.5, 0.6) is 0 Å². The molecule has 118 valence electrons. The molecule has 1 N–H and O–H groups in total. The van der Waals surface area contributed by atoms with Crippen LogP contribution in [-0.2, 0) is 6.18 Å². The Bertz CT molecular complexity index is 459. The number of likely N-dealkylation sites (N-methyl/N-ethyl adjacent to an activating group) is 1. The molecule has 1 aliphatic rings. The van der Waals surface area contributed by atoms with Gasteiger partial charge in [-0.05, 0) is 50.6 Å². The fraction of sp³-hybridized carbons (Fsp3) is 0.625. The van der Waals surface area contributed by atoms with Gasteiger partial charge in [0.25, 0.3) is 0 Å². The van der Waals surface area contributed by atoms with Gasteiger partial charge < -0.3 is 5.32 Å². The minimum Gasteiger partial charge on any atom is -0.312 e. The summed E-state index contributed by atoms with van der Waals surface area (Å²) in [5.74, 6) is 0. The Kier molecular flexibility index (Phi) is 5.27. The smallest absolute Gasteiger partial charge is 0.312 e. The second-order valence-corrected chi connectivity index (χ2v) is 5.66. The van der Waals surface area contributed by atoms with Crippen LogP contribution in [0.25, 0.3) is 0 Å². The van der Waals surface area contributed by atoms with Crippen molar-refractivity contribution in [3.8, 4) is 0 Å². The minimum atomic E-state index is -4.28. The Balaban J connectivity index is 2.14. The molecule has 1 aromatic carbocycles. The Hall–Kier alpha value is -1.07. The third kappa shape index (κ3) is 3.98. The van der Waals surface area contributed by atoms with Crippen LogP contribution in [-0.4, -0.2) is 31.1 Å². The number of hydrogen-bond donors (Lipinski definition) is 1. The predicted molar refractivity (Wildman–Crippen MR) is 78.1 cm³/mol. The molecule has 1 aliphatic heterocycles. The van der Waals surface area contributed by atoms with E-state index in [0.29, 0.717) is 11.6 Å². The molecule has 0 spiro atoms. The first-order valence-electron chi connectivity index (χ1n) is 7.54. The third-order valence-corrected chi connectivity index (χ3v) is 4.35. The number of hydrogen-bond acceptors (Lipinski definition) is 2. The van der Waals surface area contributed by atoms with Gasteiger partial charge in [-0.2, -0.15) is 13.2 Å². The maximum Gasteiger partial charge on any atom is 0.416 e. The number of benzene rings is 1. The van der Waals surface area contributed by atoms with Gasteiger partial charge in [-0.1, -0.05) is 19.1 Å². The molecule has 1 heterocycles. The quantitative estimate of drug-likeness (QED) is 0.889. The number of nitrogens with zero attached hydrogens (tertiary/aromatic N) is 1. The highest BCUT2D eigenvalue weighted by Crippen LogP contribution is 2.31. The summed E-state index contributed by atoms with van der Waals surface area (Å²) in [5, 5.41) is 3.16. The van der Waals surface area contributed by atoms with E-state index in [2.05, 4.69) is 17.1 Å². The van der Waals surface area contributed by atoms with Crippen LogP contribution in [0.3, 0.4) is 0 Å². The Labute approximate surface area is 124 Å². The van der Waals surface area contributed by atoms with Gasteiger partial charge in [-0.25, -0.2) is 0 Å². The molecule has 0 aromatic heterocycles. The van der Waals surface area contributed by atoms with Gasteiger partial charge >= 0.3 is 6.18 Å². The predicted octanol–water partition coefficient (Wildman–Crippen LogP) is 3.84. The van der Waals surface area contributed by atoms with E-state index in [4.69, 9.17) is 0 Å². The van der Waals surface area contributed by atoms with Gasteiger partial charge in [-0.3, -0.25) is 4.90 Å². The summed E-state index contributed by atoms with van der Waals surface area (Å²) in [4.78, 5) is 2.39. The summed E-state index contributed by atoms with van der Waals surface area (Å²) >= 11 is 0. The van der Waals surface area contributed by atoms with E-state index in [1.54, 1.807) is 6.07 Å². The van der Waals surface area contributed by atoms with E-state index in [1.165, 1.54) is 25.0 Å². The Morgan fingerprint density at radius 2 is 2.14 bits per heavy atom. The van der Waals surface area contributed by atoms with Crippen molar-refractivity contribution >= 4 is 0 Å². The fourth-order valence-corrected chi connectivity index (χ4v) is 3.13. The molecule has 0 saturated carbocycles. The fourth-order valence-electron chi connectivity index (χ4n) is 3.13. The van der Waals surface area contributed by atoms with Crippen LogP contribution in [0, 0.1) is 0 Å². The maximum atomic E-state index is 12.8. The van der Waals surface area contributed by atoms with E-state index in [9.17, 15) is 13.2 Å². The van der Waals surface area contributed by atoms with E-state index in [1.807, 2.05) is 7.05 Å². The topological polar surface area (TPSA) is 15.3 Å². The van der Waals surface area contributed by atoms with Gasteiger partial charge in [-0.15, -0.1) is 0 Å². The van der Waals surface area contributed by atoms with Crippen LogP contribution < -0.4 is 5.32 Å². The standard InChI is InChI=1S/C16H23F3N2/c1-3-14-8-5-9-21(14)11-15(20-2)12-6-4-7-13(10-12)16(17,18)19/h4,6-7,10,14-15,20H,3,5,8-9,11H2,1-2H3. The van der Waals surface area contributed by atoms with Crippen LogP contribution >= 0.6 is 0 Å². The van der Waals surface area contributed by atoms with Crippen molar-refractivity contribution in [2.75, 3.05) is 20.1 Å². The van der Waals surface area contributed by atoms with E-state index >= 15 is 0 Å². The highest BCUT2D eigenvalue weighted by Gasteiger charge is 2.31. The second kappa shape index (κ2) is 6.79. The second-order valence-electron chi connectivity index (χ2n) is 5.66. The third-order valence-electron chi connectivity index (χ3n) is 4.35. The number of rotatable bonds is 5. The minimum absolute atomic E-state index is 0.0700. The molecular formula is C16H23F3N2. The Morgan fingerprint density at radius 1 is 1.38 bits per heavy atom. The van der Waals surface area contributed by atoms with Crippen molar-refractivity contribution in [1.82, 2.24) is 10.2 Å². The van der Waals surface area contributed by atoms with Crippen molar-refractivity contribution in [2.45, 2.75) is 44.4 Å². The zero-order valence-corrected chi connectivity index (χ0v) is 12.6. The molecule has 2 nitrogen and oxygen atoms in total. The average Bonchev–Trinajstić information content (AvgIpc) is 2.91. The first kappa shape index (κ1) is 16.3. The van der Waals surface area contributed by atoms with E-state index in [0.717, 1.165) is 25.6 Å². The molecule has 0 radical (unpaired) electrons. The molecule has 2 rings (SSSR count). The molecule has 2 atom stereocenters. The summed E-state index contributed by atoms with van der Waals surface area (Å²) < 4.78 is 38.5. The summed E-state index contributed by atoms with van der Waals surface area (Å²) in [7, 11) is 1.81. The highest BCUT2D eigenvalue weighted by molar-refractivity contribution is 5.28. The van der Waals surface area contributed by atoms with Gasteiger partial charge in [0.1, 0.15) is 0 Å². The molecule has 0 bridgehead atoms. The molecule has 1 saturated heterocycles. The summed E-state index contributed by atoms with van der Waals surface area (Å²) in [6, 6.07) is 6.14. The zero-order valence-electron chi connectivity index (χ0n) is 12.6. The van der Waals surface area contributed by atoms with Gasteiger partial charge in [0.2, 0.25) is 0 Å². The first-order chi connectivity index (χ1) is 9.95. The maximum absolute atomic E-state index is 12.8. The Morgan fingerprint density at radius 3 is 2.76 bits per heavy atom. The van der Waals surface area contributed by atoms with Crippen LogP contribution in [0.1, 0.15) is 43.4 Å². The summed E-state index contributed by atoms with van der Waals surface area (Å²) in [5.41, 5.74) is 0.128. The number of likely N-dealkylation sites (tertiary alicyclic amines) is 1. The molecule has 1 aromatic rings. The molecule has 0 aliphatic carbocycles. The molecule has 2 unspecified atom stereocenters. The number of halogens is 3. The normalized spacial score (nSPS) is 21.7. The molecule has 5 heteroatoms. The van der Waals surface area contributed by atoms with Crippen molar-refractivity contribution in [1.29, 1.82) is 0 Å².